The van der Waals surface area contributed by atoms with Gasteiger partial charge in [-0.2, -0.15) is 18.4 Å². The largest absolute Gasteiger partial charge is 0.431 e. The van der Waals surface area contributed by atoms with E-state index in [9.17, 15) is 41.6 Å². The fourth-order valence-electron chi connectivity index (χ4n) is 5.99. The van der Waals surface area contributed by atoms with E-state index in [4.69, 9.17) is 0 Å². The lowest BCUT2D eigenvalue weighted by molar-refractivity contribution is -0.155. The van der Waals surface area contributed by atoms with E-state index in [0.29, 0.717) is 12.5 Å². The maximum Gasteiger partial charge on any atom is 0.431 e. The zero-order valence-electron chi connectivity index (χ0n) is 19.1. The Morgan fingerprint density at radius 1 is 1.22 bits per heavy atom. The molecule has 5 rings (SSSR count). The van der Waals surface area contributed by atoms with Crippen LogP contribution in [0.2, 0.25) is 0 Å². The number of halogens is 5. The number of nitriles is 1. The molecule has 0 bridgehead atoms. The summed E-state index contributed by atoms with van der Waals surface area (Å²) in [5.41, 5.74) is -2.82. The highest BCUT2D eigenvalue weighted by molar-refractivity contribution is 5.97. The van der Waals surface area contributed by atoms with Gasteiger partial charge in [0.2, 0.25) is 17.7 Å². The molecule has 0 unspecified atom stereocenters. The van der Waals surface area contributed by atoms with E-state index >= 15 is 0 Å². The second-order valence-electron chi connectivity index (χ2n) is 10.7. The van der Waals surface area contributed by atoms with E-state index in [0.717, 1.165) is 23.8 Å². The minimum absolute atomic E-state index is 0.0608. The van der Waals surface area contributed by atoms with E-state index in [1.165, 1.54) is 0 Å². The maximum absolute atomic E-state index is 13.7. The number of hydrogen-bond donors (Lipinski definition) is 3. The molecule has 2 aliphatic carbocycles. The van der Waals surface area contributed by atoms with Crippen LogP contribution < -0.4 is 10.6 Å². The first-order valence-electron chi connectivity index (χ1n) is 11.7. The molecule has 2 saturated carbocycles. The minimum atomic E-state index is -4.72. The van der Waals surface area contributed by atoms with E-state index < -0.39 is 71.6 Å². The highest BCUT2D eigenvalue weighted by Gasteiger charge is 2.62. The van der Waals surface area contributed by atoms with Gasteiger partial charge < -0.3 is 20.5 Å². The zero-order valence-corrected chi connectivity index (χ0v) is 19.1. The number of alkyl halides is 5. The molecule has 2 aliphatic heterocycles. The van der Waals surface area contributed by atoms with Crippen molar-refractivity contribution in [2.24, 2.45) is 11.3 Å². The molecule has 8 nitrogen and oxygen atoms in total. The van der Waals surface area contributed by atoms with Crippen LogP contribution in [0.3, 0.4) is 0 Å². The van der Waals surface area contributed by atoms with Gasteiger partial charge in [-0.25, -0.2) is 8.78 Å². The smallest absolute Gasteiger partial charge is 0.350 e. The van der Waals surface area contributed by atoms with Crippen LogP contribution in [0.25, 0.3) is 0 Å². The lowest BCUT2D eigenvalue weighted by Crippen LogP contribution is -2.49. The molecule has 4 aliphatic rings. The van der Waals surface area contributed by atoms with Crippen molar-refractivity contribution in [3.05, 3.63) is 23.5 Å². The lowest BCUT2D eigenvalue weighted by atomic mass is 9.65. The Bertz CT molecular complexity index is 1140. The van der Waals surface area contributed by atoms with Crippen molar-refractivity contribution in [1.29, 1.82) is 5.26 Å². The Balaban J connectivity index is 1.31. The summed E-state index contributed by atoms with van der Waals surface area (Å²) in [5, 5.41) is 15.0. The van der Waals surface area contributed by atoms with Crippen LogP contribution in [0, 0.1) is 22.7 Å². The van der Waals surface area contributed by atoms with Crippen molar-refractivity contribution in [2.75, 3.05) is 6.54 Å². The number of aromatic amines is 1. The number of rotatable bonds is 5. The van der Waals surface area contributed by atoms with Gasteiger partial charge in [0.05, 0.1) is 6.07 Å². The van der Waals surface area contributed by atoms with Gasteiger partial charge in [-0.3, -0.25) is 14.4 Å². The molecule has 13 heteroatoms. The van der Waals surface area contributed by atoms with Crippen LogP contribution in [0.4, 0.5) is 22.0 Å². The van der Waals surface area contributed by atoms with Crippen LogP contribution in [0.15, 0.2) is 12.1 Å². The molecule has 3 N–H and O–H groups in total. The average Bonchev–Trinajstić information content (AvgIpc) is 3.12. The number of likely N-dealkylation sites (tertiary alicyclic amines) is 1. The van der Waals surface area contributed by atoms with Gasteiger partial charge in [0.15, 0.2) is 0 Å². The molecule has 3 amide bonds. The SMILES string of the molecule is N#C[C@H](C[C@@H]1CC2(CC2)NC1=O)NC(=O)[C@@H]1CC2(CN1C(=O)c1ccc(C(F)(F)F)[nH]1)CC(F)(F)C2. The Labute approximate surface area is 202 Å². The maximum atomic E-state index is 13.7. The first-order chi connectivity index (χ1) is 16.7. The molecule has 0 aromatic carbocycles. The van der Waals surface area contributed by atoms with E-state index in [1.54, 1.807) is 0 Å². The molecule has 2 saturated heterocycles. The summed E-state index contributed by atoms with van der Waals surface area (Å²) in [6, 6.07) is 1.27. The molecule has 3 atom stereocenters. The molecule has 4 fully saturated rings. The van der Waals surface area contributed by atoms with Gasteiger partial charge in [0.25, 0.3) is 5.91 Å². The third-order valence-corrected chi connectivity index (χ3v) is 7.80. The van der Waals surface area contributed by atoms with Gasteiger partial charge in [-0.1, -0.05) is 0 Å². The Morgan fingerprint density at radius 3 is 2.44 bits per heavy atom. The predicted molar refractivity (Wildman–Crippen MR) is 112 cm³/mol. The summed E-state index contributed by atoms with van der Waals surface area (Å²) in [4.78, 5) is 41.5. The number of H-pyrrole nitrogens is 1. The monoisotopic (exact) mass is 513 g/mol. The Morgan fingerprint density at radius 2 is 1.92 bits per heavy atom. The molecule has 1 aromatic heterocycles. The predicted octanol–water partition coefficient (Wildman–Crippen LogP) is 2.73. The standard InChI is InChI=1S/C23H24F5N5O3/c24-22(25)9-20(10-22)7-15(33(11-20)19(36)14-1-2-16(31-14)23(26,27)28)18(35)30-13(8-29)5-12-6-21(3-4-21)32-17(12)34/h1-2,12-13,15,31H,3-7,9-11H2,(H,30,35)(H,32,34)/t12-,13+,15+/m1/s1. The first-order valence-corrected chi connectivity index (χ1v) is 11.7. The number of nitrogens with zero attached hydrogens (tertiary/aromatic N) is 2. The summed E-state index contributed by atoms with van der Waals surface area (Å²) in [6.45, 7) is -0.218. The van der Waals surface area contributed by atoms with Gasteiger partial charge in [-0.05, 0) is 44.2 Å². The van der Waals surface area contributed by atoms with Crippen molar-refractivity contribution >= 4 is 17.7 Å². The highest BCUT2D eigenvalue weighted by Crippen LogP contribution is 2.58. The zero-order chi connectivity index (χ0) is 26.1. The molecule has 0 radical (unpaired) electrons. The number of nitrogens with one attached hydrogen (secondary N) is 3. The van der Waals surface area contributed by atoms with Crippen molar-refractivity contribution < 1.29 is 36.3 Å². The summed E-state index contributed by atoms with van der Waals surface area (Å²) in [6.07, 6.45) is -3.57. The topological polar surface area (TPSA) is 118 Å². The second kappa shape index (κ2) is 7.91. The summed E-state index contributed by atoms with van der Waals surface area (Å²) in [7, 11) is 0. The van der Waals surface area contributed by atoms with Crippen molar-refractivity contribution in [3.8, 4) is 6.07 Å². The van der Waals surface area contributed by atoms with Crippen molar-refractivity contribution in [1.82, 2.24) is 20.5 Å². The lowest BCUT2D eigenvalue weighted by Gasteiger charge is -2.44. The van der Waals surface area contributed by atoms with Gasteiger partial charge in [0.1, 0.15) is 23.5 Å². The van der Waals surface area contributed by atoms with Crippen LogP contribution in [0.5, 0.6) is 0 Å². The molecular weight excluding hydrogens is 489 g/mol. The molecule has 1 aromatic rings. The third kappa shape index (κ3) is 4.41. The summed E-state index contributed by atoms with van der Waals surface area (Å²) >= 11 is 0. The van der Waals surface area contributed by atoms with Gasteiger partial charge in [-0.15, -0.1) is 0 Å². The van der Waals surface area contributed by atoms with Crippen LogP contribution in [0.1, 0.15) is 61.1 Å². The van der Waals surface area contributed by atoms with Crippen LogP contribution in [-0.4, -0.2) is 57.7 Å². The van der Waals surface area contributed by atoms with Crippen molar-refractivity contribution in [3.63, 3.8) is 0 Å². The summed E-state index contributed by atoms with van der Waals surface area (Å²) in [5.74, 6) is -5.28. The molecule has 194 valence electrons. The highest BCUT2D eigenvalue weighted by atomic mass is 19.4. The average molecular weight is 513 g/mol. The number of aromatic nitrogens is 1. The normalized spacial score (nSPS) is 27.9. The first kappa shape index (κ1) is 24.5. The second-order valence-corrected chi connectivity index (χ2v) is 10.7. The fourth-order valence-corrected chi connectivity index (χ4v) is 5.99. The van der Waals surface area contributed by atoms with E-state index in [2.05, 4.69) is 10.6 Å². The number of carbonyl (C=O) groups is 3. The molecule has 2 spiro atoms. The number of carbonyl (C=O) groups excluding carboxylic acids is 3. The van der Waals surface area contributed by atoms with E-state index in [-0.39, 0.29) is 30.8 Å². The number of amides is 3. The summed E-state index contributed by atoms with van der Waals surface area (Å²) < 4.78 is 66.4. The fraction of sp³-hybridized carbons (Fsp3) is 0.652. The number of hydrogen-bond acceptors (Lipinski definition) is 4. The minimum Gasteiger partial charge on any atom is -0.350 e. The molecule has 36 heavy (non-hydrogen) atoms. The molecular formula is C23H24F5N5O3. The molecule has 3 heterocycles. The third-order valence-electron chi connectivity index (χ3n) is 7.80. The Kier molecular flexibility index (Phi) is 5.39. The van der Waals surface area contributed by atoms with Crippen LogP contribution in [-0.2, 0) is 15.8 Å². The van der Waals surface area contributed by atoms with Crippen LogP contribution >= 0.6 is 0 Å². The quantitative estimate of drug-likeness (QED) is 0.525. The van der Waals surface area contributed by atoms with Gasteiger partial charge >= 0.3 is 6.18 Å². The van der Waals surface area contributed by atoms with E-state index in [1.807, 2.05) is 11.1 Å². The van der Waals surface area contributed by atoms with Gasteiger partial charge in [0, 0.05) is 36.3 Å². The van der Waals surface area contributed by atoms with Crippen molar-refractivity contribution in [2.45, 2.75) is 74.7 Å². The Hall–Kier alpha value is -3.17.